The maximum absolute atomic E-state index is 13.3. The highest BCUT2D eigenvalue weighted by molar-refractivity contribution is 5.86. The molecule has 31 heavy (non-hydrogen) atoms. The summed E-state index contributed by atoms with van der Waals surface area (Å²) in [5.74, 6) is 1.66. The number of nitrogens with zero attached hydrogens (tertiary/aromatic N) is 3. The highest BCUT2D eigenvalue weighted by atomic mass is 16.5. The summed E-state index contributed by atoms with van der Waals surface area (Å²) in [7, 11) is 3.41. The standard InChI is InChI=1S/C25H37N3O3/c1-30-18-17-28(19-21-8-6-14-26-13-4-3-9-22(21)26)24(29)12-16-27-15-11-20-7-5-10-23(31-2)25(20)27/h5,7,10-11,15,21-22H,3-4,6,8-9,12-14,16-19H2,1-2H3/t21-,22-/m1/s1. The van der Waals surface area contributed by atoms with Gasteiger partial charge in [-0.25, -0.2) is 0 Å². The van der Waals surface area contributed by atoms with Crippen LogP contribution in [0.15, 0.2) is 30.5 Å². The quantitative estimate of drug-likeness (QED) is 0.611. The van der Waals surface area contributed by atoms with Crippen LogP contribution in [0.4, 0.5) is 0 Å². The summed E-state index contributed by atoms with van der Waals surface area (Å²) in [6.45, 7) is 5.25. The van der Waals surface area contributed by atoms with Gasteiger partial charge in [-0.3, -0.25) is 4.79 Å². The van der Waals surface area contributed by atoms with Gasteiger partial charge in [0.05, 0.1) is 19.2 Å². The van der Waals surface area contributed by atoms with E-state index in [0.717, 1.165) is 23.2 Å². The first-order chi connectivity index (χ1) is 15.2. The van der Waals surface area contributed by atoms with E-state index in [-0.39, 0.29) is 5.91 Å². The molecule has 1 aromatic heterocycles. The number of hydrogen-bond acceptors (Lipinski definition) is 4. The van der Waals surface area contributed by atoms with Crippen molar-refractivity contribution < 1.29 is 14.3 Å². The zero-order valence-corrected chi connectivity index (χ0v) is 19.1. The molecule has 2 aliphatic rings. The van der Waals surface area contributed by atoms with Gasteiger partial charge < -0.3 is 23.8 Å². The number of aromatic nitrogens is 1. The van der Waals surface area contributed by atoms with Crippen molar-refractivity contribution >= 4 is 16.8 Å². The van der Waals surface area contributed by atoms with Crippen LogP contribution in [0.5, 0.6) is 5.75 Å². The van der Waals surface area contributed by atoms with Gasteiger partial charge in [0.25, 0.3) is 0 Å². The molecule has 2 saturated heterocycles. The molecule has 2 aromatic rings. The van der Waals surface area contributed by atoms with Gasteiger partial charge in [0, 0.05) is 50.8 Å². The summed E-state index contributed by atoms with van der Waals surface area (Å²) in [5.41, 5.74) is 1.06. The van der Waals surface area contributed by atoms with Gasteiger partial charge in [0.1, 0.15) is 5.75 Å². The van der Waals surface area contributed by atoms with Crippen LogP contribution in [-0.4, -0.2) is 73.3 Å². The number of methoxy groups -OCH3 is 2. The van der Waals surface area contributed by atoms with Crippen LogP contribution in [0.2, 0.25) is 0 Å². The second-order valence-corrected chi connectivity index (χ2v) is 8.99. The number of carbonyl (C=O) groups is 1. The molecule has 170 valence electrons. The topological polar surface area (TPSA) is 46.9 Å². The number of rotatable bonds is 9. The molecular formula is C25H37N3O3. The first kappa shape index (κ1) is 22.2. The van der Waals surface area contributed by atoms with E-state index in [2.05, 4.69) is 32.7 Å². The number of hydrogen-bond donors (Lipinski definition) is 0. The number of fused-ring (bicyclic) bond motifs is 2. The lowest BCUT2D eigenvalue weighted by atomic mass is 9.83. The Balaban J connectivity index is 1.42. The Hall–Kier alpha value is -2.05. The molecule has 0 aliphatic carbocycles. The molecule has 3 heterocycles. The van der Waals surface area contributed by atoms with Gasteiger partial charge in [-0.15, -0.1) is 0 Å². The van der Waals surface area contributed by atoms with Gasteiger partial charge in [0.15, 0.2) is 0 Å². The molecule has 2 aliphatic heterocycles. The fourth-order valence-corrected chi connectivity index (χ4v) is 5.54. The maximum atomic E-state index is 13.3. The molecule has 6 nitrogen and oxygen atoms in total. The van der Waals surface area contributed by atoms with E-state index in [0.29, 0.717) is 38.1 Å². The Kier molecular flexibility index (Phi) is 7.51. The first-order valence-electron chi connectivity index (χ1n) is 11.8. The molecule has 0 bridgehead atoms. The van der Waals surface area contributed by atoms with Crippen molar-refractivity contribution in [1.29, 1.82) is 0 Å². The van der Waals surface area contributed by atoms with Crippen molar-refractivity contribution in [2.75, 3.05) is 47.0 Å². The highest BCUT2D eigenvalue weighted by Gasteiger charge is 2.34. The van der Waals surface area contributed by atoms with Gasteiger partial charge in [-0.05, 0) is 56.8 Å². The second kappa shape index (κ2) is 10.5. The van der Waals surface area contributed by atoms with E-state index in [9.17, 15) is 4.79 Å². The van der Waals surface area contributed by atoms with Crippen molar-refractivity contribution in [3.63, 3.8) is 0 Å². The number of amides is 1. The molecular weight excluding hydrogens is 390 g/mol. The van der Waals surface area contributed by atoms with Gasteiger partial charge in [0.2, 0.25) is 5.91 Å². The summed E-state index contributed by atoms with van der Waals surface area (Å²) in [4.78, 5) is 18.0. The third kappa shape index (κ3) is 5.07. The fraction of sp³-hybridized carbons (Fsp3) is 0.640. The Bertz CT molecular complexity index is 863. The number of benzene rings is 1. The zero-order valence-electron chi connectivity index (χ0n) is 19.1. The molecule has 0 spiro atoms. The third-order valence-electron chi connectivity index (χ3n) is 7.14. The van der Waals surface area contributed by atoms with Crippen LogP contribution < -0.4 is 4.74 Å². The van der Waals surface area contributed by atoms with Crippen molar-refractivity contribution in [2.24, 2.45) is 5.92 Å². The molecule has 0 radical (unpaired) electrons. The summed E-state index contributed by atoms with van der Waals surface area (Å²) in [6, 6.07) is 8.80. The third-order valence-corrected chi connectivity index (χ3v) is 7.14. The lowest BCUT2D eigenvalue weighted by molar-refractivity contribution is -0.133. The van der Waals surface area contributed by atoms with E-state index < -0.39 is 0 Å². The van der Waals surface area contributed by atoms with Crippen molar-refractivity contribution in [3.8, 4) is 5.75 Å². The van der Waals surface area contributed by atoms with E-state index in [4.69, 9.17) is 9.47 Å². The van der Waals surface area contributed by atoms with Crippen molar-refractivity contribution in [2.45, 2.75) is 51.1 Å². The van der Waals surface area contributed by atoms with Crippen molar-refractivity contribution in [3.05, 3.63) is 30.5 Å². The molecule has 6 heteroatoms. The minimum absolute atomic E-state index is 0.224. The number of ether oxygens (including phenoxy) is 2. The van der Waals surface area contributed by atoms with E-state index in [1.807, 2.05) is 12.1 Å². The molecule has 0 N–H and O–H groups in total. The number of para-hydroxylation sites is 1. The number of carbonyl (C=O) groups excluding carboxylic acids is 1. The van der Waals surface area contributed by atoms with Crippen LogP contribution in [-0.2, 0) is 16.1 Å². The molecule has 1 amide bonds. The molecule has 2 atom stereocenters. The van der Waals surface area contributed by atoms with E-state index in [1.54, 1.807) is 14.2 Å². The average molecular weight is 428 g/mol. The zero-order chi connectivity index (χ0) is 21.6. The largest absolute Gasteiger partial charge is 0.495 e. The average Bonchev–Trinajstić information content (AvgIpc) is 3.23. The SMILES string of the molecule is COCCN(C[C@H]1CCCN2CCCC[C@H]12)C(=O)CCn1ccc2cccc(OC)c21. The molecule has 2 fully saturated rings. The Labute approximate surface area is 186 Å². The normalized spacial score (nSPS) is 21.7. The summed E-state index contributed by atoms with van der Waals surface area (Å²) in [5, 5.41) is 1.14. The van der Waals surface area contributed by atoms with Crippen LogP contribution in [0.25, 0.3) is 10.9 Å². The Morgan fingerprint density at radius 2 is 2.00 bits per heavy atom. The van der Waals surface area contributed by atoms with Gasteiger partial charge in [-0.2, -0.15) is 0 Å². The molecule has 1 aromatic carbocycles. The fourth-order valence-electron chi connectivity index (χ4n) is 5.54. The minimum Gasteiger partial charge on any atom is -0.495 e. The van der Waals surface area contributed by atoms with Crippen LogP contribution in [0, 0.1) is 5.92 Å². The lowest BCUT2D eigenvalue weighted by Crippen LogP contribution is -2.52. The van der Waals surface area contributed by atoms with E-state index in [1.165, 1.54) is 45.2 Å². The highest BCUT2D eigenvalue weighted by Crippen LogP contribution is 2.32. The molecule has 0 unspecified atom stereocenters. The first-order valence-corrected chi connectivity index (χ1v) is 11.8. The van der Waals surface area contributed by atoms with Gasteiger partial charge >= 0.3 is 0 Å². The Morgan fingerprint density at radius 1 is 1.13 bits per heavy atom. The molecule has 4 rings (SSSR count). The second-order valence-electron chi connectivity index (χ2n) is 8.99. The van der Waals surface area contributed by atoms with Crippen molar-refractivity contribution in [1.82, 2.24) is 14.4 Å². The summed E-state index contributed by atoms with van der Waals surface area (Å²) >= 11 is 0. The van der Waals surface area contributed by atoms with Crippen LogP contribution in [0.1, 0.15) is 38.5 Å². The van der Waals surface area contributed by atoms with Crippen LogP contribution in [0.3, 0.4) is 0 Å². The minimum atomic E-state index is 0.224. The van der Waals surface area contributed by atoms with Crippen LogP contribution >= 0.6 is 0 Å². The predicted molar refractivity (Wildman–Crippen MR) is 123 cm³/mol. The Morgan fingerprint density at radius 3 is 2.84 bits per heavy atom. The van der Waals surface area contributed by atoms with Gasteiger partial charge in [-0.1, -0.05) is 18.6 Å². The monoisotopic (exact) mass is 427 g/mol. The maximum Gasteiger partial charge on any atom is 0.224 e. The smallest absolute Gasteiger partial charge is 0.224 e. The van der Waals surface area contributed by atoms with E-state index >= 15 is 0 Å². The summed E-state index contributed by atoms with van der Waals surface area (Å²) in [6.07, 6.45) is 8.97. The number of aryl methyl sites for hydroxylation is 1. The number of piperidine rings is 2. The predicted octanol–water partition coefficient (Wildman–Crippen LogP) is 3.78. The molecule has 0 saturated carbocycles. The summed E-state index contributed by atoms with van der Waals surface area (Å²) < 4.78 is 13.0. The lowest BCUT2D eigenvalue weighted by Gasteiger charge is -2.45.